The van der Waals surface area contributed by atoms with E-state index in [9.17, 15) is 21.6 Å². The number of primary sulfonamides is 1. The van der Waals surface area contributed by atoms with E-state index in [1.165, 1.54) is 12.1 Å². The molecule has 0 aliphatic rings. The second-order valence-electron chi connectivity index (χ2n) is 6.39. The van der Waals surface area contributed by atoms with Crippen molar-refractivity contribution in [2.24, 2.45) is 10.1 Å². The first-order valence-electron chi connectivity index (χ1n) is 8.85. The van der Waals surface area contributed by atoms with E-state index in [2.05, 4.69) is 20.4 Å². The SMILES string of the molecule is CN=C(NCc1ccc(COCC(F)(F)F)cc1)NCc1ccc(S(N)(=O)=O)cc1.I. The molecule has 0 aliphatic carbocycles. The summed E-state index contributed by atoms with van der Waals surface area (Å²) in [6.07, 6.45) is -4.34. The van der Waals surface area contributed by atoms with Gasteiger partial charge in [0.15, 0.2) is 5.96 Å². The molecule has 0 unspecified atom stereocenters. The molecule has 0 bridgehead atoms. The fourth-order valence-corrected chi connectivity index (χ4v) is 2.94. The van der Waals surface area contributed by atoms with Gasteiger partial charge in [0.25, 0.3) is 0 Å². The van der Waals surface area contributed by atoms with Crippen molar-refractivity contribution in [3.05, 3.63) is 65.2 Å². The Hall–Kier alpha value is -1.90. The number of ether oxygens (including phenoxy) is 1. The molecule has 0 spiro atoms. The molecular weight excluding hydrogens is 548 g/mol. The average molecular weight is 572 g/mol. The summed E-state index contributed by atoms with van der Waals surface area (Å²) in [5.41, 5.74) is 2.40. The number of rotatable bonds is 8. The van der Waals surface area contributed by atoms with Crippen LogP contribution in [-0.4, -0.2) is 34.2 Å². The van der Waals surface area contributed by atoms with E-state index >= 15 is 0 Å². The van der Waals surface area contributed by atoms with E-state index in [0.717, 1.165) is 11.1 Å². The normalized spacial score (nSPS) is 12.2. The second kappa shape index (κ2) is 12.2. The topological polar surface area (TPSA) is 106 Å². The summed E-state index contributed by atoms with van der Waals surface area (Å²) in [5.74, 6) is 0.531. The number of nitrogens with zero attached hydrogens (tertiary/aromatic N) is 1. The summed E-state index contributed by atoms with van der Waals surface area (Å²) >= 11 is 0. The Bertz CT molecular complexity index is 951. The van der Waals surface area contributed by atoms with Gasteiger partial charge in [0.05, 0.1) is 11.5 Å². The minimum absolute atomic E-state index is 0. The lowest BCUT2D eigenvalue weighted by Crippen LogP contribution is -2.36. The molecule has 7 nitrogen and oxygen atoms in total. The van der Waals surface area contributed by atoms with Gasteiger partial charge in [0.1, 0.15) is 6.61 Å². The van der Waals surface area contributed by atoms with Crippen LogP contribution in [0.4, 0.5) is 13.2 Å². The molecule has 12 heteroatoms. The molecule has 0 saturated carbocycles. The number of benzene rings is 2. The average Bonchev–Trinajstić information content (AvgIpc) is 2.68. The quantitative estimate of drug-likeness (QED) is 0.257. The van der Waals surface area contributed by atoms with Crippen molar-refractivity contribution in [2.45, 2.75) is 30.8 Å². The number of hydrogen-bond donors (Lipinski definition) is 3. The van der Waals surface area contributed by atoms with Crippen LogP contribution in [0.15, 0.2) is 58.4 Å². The molecular formula is C19H24F3IN4O3S. The smallest absolute Gasteiger partial charge is 0.367 e. The van der Waals surface area contributed by atoms with Crippen molar-refractivity contribution in [3.63, 3.8) is 0 Å². The Morgan fingerprint density at radius 3 is 1.84 bits per heavy atom. The van der Waals surface area contributed by atoms with E-state index in [1.54, 1.807) is 43.4 Å². The molecule has 2 aromatic carbocycles. The van der Waals surface area contributed by atoms with Gasteiger partial charge >= 0.3 is 6.18 Å². The number of alkyl halides is 3. The van der Waals surface area contributed by atoms with Gasteiger partial charge in [-0.15, -0.1) is 24.0 Å². The summed E-state index contributed by atoms with van der Waals surface area (Å²) in [4.78, 5) is 4.15. The van der Waals surface area contributed by atoms with Gasteiger partial charge in [0, 0.05) is 20.1 Å². The van der Waals surface area contributed by atoms with Gasteiger partial charge in [0.2, 0.25) is 10.0 Å². The van der Waals surface area contributed by atoms with Crippen LogP contribution >= 0.6 is 24.0 Å². The van der Waals surface area contributed by atoms with Crippen LogP contribution in [0.3, 0.4) is 0 Å². The molecule has 2 rings (SSSR count). The predicted octanol–water partition coefficient (Wildman–Crippen LogP) is 2.90. The predicted molar refractivity (Wildman–Crippen MR) is 122 cm³/mol. The lowest BCUT2D eigenvalue weighted by atomic mass is 10.1. The van der Waals surface area contributed by atoms with Crippen LogP contribution in [-0.2, 0) is 34.5 Å². The summed E-state index contributed by atoms with van der Waals surface area (Å²) in [5, 5.41) is 11.3. The maximum absolute atomic E-state index is 12.1. The van der Waals surface area contributed by atoms with Crippen LogP contribution in [0.25, 0.3) is 0 Å². The molecule has 0 atom stereocenters. The van der Waals surface area contributed by atoms with Crippen LogP contribution in [0.1, 0.15) is 16.7 Å². The lowest BCUT2D eigenvalue weighted by molar-refractivity contribution is -0.176. The highest BCUT2D eigenvalue weighted by Crippen LogP contribution is 2.16. The minimum atomic E-state index is -4.34. The minimum Gasteiger partial charge on any atom is -0.367 e. The van der Waals surface area contributed by atoms with Gasteiger partial charge in [-0.25, -0.2) is 13.6 Å². The third-order valence-electron chi connectivity index (χ3n) is 3.95. The van der Waals surface area contributed by atoms with Gasteiger partial charge in [-0.05, 0) is 28.8 Å². The van der Waals surface area contributed by atoms with Crippen molar-refractivity contribution in [1.29, 1.82) is 0 Å². The van der Waals surface area contributed by atoms with Crippen molar-refractivity contribution >= 4 is 40.0 Å². The summed E-state index contributed by atoms with van der Waals surface area (Å²) in [6, 6.07) is 13.2. The molecule has 2 aromatic rings. The number of sulfonamides is 1. The molecule has 172 valence electrons. The highest BCUT2D eigenvalue weighted by atomic mass is 127. The number of halogens is 4. The summed E-state index contributed by atoms with van der Waals surface area (Å²) in [7, 11) is -2.11. The number of hydrogen-bond acceptors (Lipinski definition) is 4. The monoisotopic (exact) mass is 572 g/mol. The molecule has 0 saturated heterocycles. The third-order valence-corrected chi connectivity index (χ3v) is 4.88. The van der Waals surface area contributed by atoms with E-state index in [4.69, 9.17) is 5.14 Å². The zero-order chi connectivity index (χ0) is 22.2. The number of guanidine groups is 1. The Morgan fingerprint density at radius 1 is 0.968 bits per heavy atom. The first kappa shape index (κ1) is 27.1. The molecule has 31 heavy (non-hydrogen) atoms. The number of nitrogens with one attached hydrogen (secondary N) is 2. The van der Waals surface area contributed by atoms with E-state index in [0.29, 0.717) is 24.6 Å². The highest BCUT2D eigenvalue weighted by molar-refractivity contribution is 14.0. The van der Waals surface area contributed by atoms with Crippen LogP contribution in [0.2, 0.25) is 0 Å². The first-order valence-corrected chi connectivity index (χ1v) is 10.4. The maximum atomic E-state index is 12.1. The largest absolute Gasteiger partial charge is 0.411 e. The molecule has 0 heterocycles. The van der Waals surface area contributed by atoms with E-state index < -0.39 is 22.8 Å². The molecule has 4 N–H and O–H groups in total. The van der Waals surface area contributed by atoms with E-state index in [-0.39, 0.29) is 35.5 Å². The fourth-order valence-electron chi connectivity index (χ4n) is 2.43. The zero-order valence-corrected chi connectivity index (χ0v) is 19.8. The fraction of sp³-hybridized carbons (Fsp3) is 0.316. The summed E-state index contributed by atoms with van der Waals surface area (Å²) in [6.45, 7) is -0.516. The van der Waals surface area contributed by atoms with Crippen molar-refractivity contribution in [1.82, 2.24) is 10.6 Å². The molecule has 0 aromatic heterocycles. The van der Waals surface area contributed by atoms with Crippen LogP contribution in [0, 0.1) is 0 Å². The first-order chi connectivity index (χ1) is 14.1. The maximum Gasteiger partial charge on any atom is 0.411 e. The van der Waals surface area contributed by atoms with Crippen LogP contribution in [0.5, 0.6) is 0 Å². The third kappa shape index (κ3) is 10.3. The highest BCUT2D eigenvalue weighted by Gasteiger charge is 2.27. The van der Waals surface area contributed by atoms with Crippen molar-refractivity contribution in [2.75, 3.05) is 13.7 Å². The molecule has 0 fully saturated rings. The number of aliphatic imine (C=N–C) groups is 1. The number of nitrogens with two attached hydrogens (primary N) is 1. The molecule has 0 aliphatic heterocycles. The molecule has 0 radical (unpaired) electrons. The standard InChI is InChI=1S/C19H23F3N4O3S.HI/c1-24-18(26-11-15-6-8-17(9-7-15)30(23,27)28)25-10-14-2-4-16(5-3-14)12-29-13-19(20,21)22;/h2-9H,10-13H2,1H3,(H2,23,27,28)(H2,24,25,26);1H. The van der Waals surface area contributed by atoms with Crippen LogP contribution < -0.4 is 15.8 Å². The second-order valence-corrected chi connectivity index (χ2v) is 7.95. The Morgan fingerprint density at radius 2 is 1.42 bits per heavy atom. The zero-order valence-electron chi connectivity index (χ0n) is 16.6. The van der Waals surface area contributed by atoms with Crippen molar-refractivity contribution in [3.8, 4) is 0 Å². The molecule has 0 amide bonds. The summed E-state index contributed by atoms with van der Waals surface area (Å²) < 4.78 is 63.4. The van der Waals surface area contributed by atoms with Crippen molar-refractivity contribution < 1.29 is 26.3 Å². The van der Waals surface area contributed by atoms with Gasteiger partial charge < -0.3 is 15.4 Å². The lowest BCUT2D eigenvalue weighted by Gasteiger charge is -2.13. The van der Waals surface area contributed by atoms with Gasteiger partial charge in [-0.1, -0.05) is 36.4 Å². The van der Waals surface area contributed by atoms with E-state index in [1.807, 2.05) is 0 Å². The van der Waals surface area contributed by atoms with Gasteiger partial charge in [-0.3, -0.25) is 4.99 Å². The Kier molecular flexibility index (Phi) is 10.7. The Labute approximate surface area is 196 Å². The Balaban J connectivity index is 0.00000480. The van der Waals surface area contributed by atoms with Gasteiger partial charge in [-0.2, -0.15) is 13.2 Å².